The van der Waals surface area contributed by atoms with Crippen molar-refractivity contribution in [2.75, 3.05) is 0 Å². The Hall–Kier alpha value is -2.67. The topological polar surface area (TPSA) is 46.3 Å². The van der Waals surface area contributed by atoms with Gasteiger partial charge >= 0.3 is 0 Å². The highest BCUT2D eigenvalue weighted by Gasteiger charge is 2.22. The van der Waals surface area contributed by atoms with Crippen molar-refractivity contribution in [2.24, 2.45) is 0 Å². The molecule has 1 heterocycles. The van der Waals surface area contributed by atoms with E-state index in [-0.39, 0.29) is 28.1 Å². The van der Waals surface area contributed by atoms with E-state index in [9.17, 15) is 22.7 Å². The van der Waals surface area contributed by atoms with Gasteiger partial charge in [0.15, 0.2) is 29.0 Å². The van der Waals surface area contributed by atoms with Gasteiger partial charge in [0.25, 0.3) is 0 Å². The van der Waals surface area contributed by atoms with Gasteiger partial charge < -0.3 is 9.63 Å². The molecule has 0 spiro atoms. The number of nitrogens with zero attached hydrogens (tertiary/aromatic N) is 1. The van der Waals surface area contributed by atoms with Gasteiger partial charge in [-0.2, -0.15) is 0 Å². The number of hydrogen-bond acceptors (Lipinski definition) is 3. The highest BCUT2D eigenvalue weighted by Crippen LogP contribution is 2.34. The summed E-state index contributed by atoms with van der Waals surface area (Å²) < 4.78 is 58.6. The minimum atomic E-state index is -1.16. The van der Waals surface area contributed by atoms with Crippen LogP contribution in [-0.4, -0.2) is 10.3 Å². The third kappa shape index (κ3) is 2.59. The summed E-state index contributed by atoms with van der Waals surface area (Å²) in [5.74, 6) is -4.57. The van der Waals surface area contributed by atoms with Crippen LogP contribution in [0.1, 0.15) is 5.56 Å². The zero-order valence-corrected chi connectivity index (χ0v) is 11.5. The minimum absolute atomic E-state index is 0.0186. The molecule has 0 fully saturated rings. The van der Waals surface area contributed by atoms with Gasteiger partial charge in [-0.1, -0.05) is 11.2 Å². The second-order valence-electron chi connectivity index (χ2n) is 4.73. The predicted molar refractivity (Wildman–Crippen MR) is 73.1 cm³/mol. The molecule has 3 rings (SSSR count). The van der Waals surface area contributed by atoms with Crippen molar-refractivity contribution >= 4 is 0 Å². The smallest absolute Gasteiger partial charge is 0.176 e. The van der Waals surface area contributed by atoms with Crippen LogP contribution in [0.4, 0.5) is 17.6 Å². The average molecular weight is 323 g/mol. The highest BCUT2D eigenvalue weighted by molar-refractivity contribution is 5.72. The van der Waals surface area contributed by atoms with Gasteiger partial charge in [-0.05, 0) is 30.3 Å². The van der Waals surface area contributed by atoms with Crippen molar-refractivity contribution in [3.05, 3.63) is 65.2 Å². The maximum absolute atomic E-state index is 13.9. The largest absolute Gasteiger partial charge is 0.391 e. The van der Waals surface area contributed by atoms with Crippen LogP contribution in [0.25, 0.3) is 22.6 Å². The molecule has 0 bridgehead atoms. The molecule has 23 heavy (non-hydrogen) atoms. The maximum Gasteiger partial charge on any atom is 0.176 e. The molecule has 0 atom stereocenters. The fraction of sp³-hybridized carbons (Fsp3) is 0.0625. The molecule has 0 saturated carbocycles. The Labute approximate surface area is 127 Å². The van der Waals surface area contributed by atoms with E-state index in [0.29, 0.717) is 0 Å². The lowest BCUT2D eigenvalue weighted by Crippen LogP contribution is -1.94. The maximum atomic E-state index is 13.9. The number of aromatic nitrogens is 1. The van der Waals surface area contributed by atoms with Gasteiger partial charge in [0.1, 0.15) is 5.69 Å². The Bertz CT molecular complexity index is 877. The number of benzene rings is 2. The van der Waals surface area contributed by atoms with Gasteiger partial charge in [0.05, 0.1) is 17.7 Å². The third-order valence-corrected chi connectivity index (χ3v) is 3.34. The van der Waals surface area contributed by atoms with Crippen LogP contribution >= 0.6 is 0 Å². The molecule has 7 heteroatoms. The minimum Gasteiger partial charge on any atom is -0.391 e. The summed E-state index contributed by atoms with van der Waals surface area (Å²) in [4.78, 5) is 0. The molecule has 0 aliphatic heterocycles. The summed E-state index contributed by atoms with van der Waals surface area (Å²) >= 11 is 0. The molecule has 0 saturated heterocycles. The molecule has 0 aliphatic carbocycles. The number of aliphatic hydroxyl groups is 1. The lowest BCUT2D eigenvalue weighted by atomic mass is 10.0. The molecular weight excluding hydrogens is 314 g/mol. The number of hydrogen-bond donors (Lipinski definition) is 1. The van der Waals surface area contributed by atoms with Crippen LogP contribution < -0.4 is 0 Å². The van der Waals surface area contributed by atoms with Crippen LogP contribution in [0.3, 0.4) is 0 Å². The first-order chi connectivity index (χ1) is 11.0. The van der Waals surface area contributed by atoms with E-state index in [1.54, 1.807) is 0 Å². The van der Waals surface area contributed by atoms with Crippen LogP contribution in [0, 0.1) is 23.3 Å². The van der Waals surface area contributed by atoms with Crippen molar-refractivity contribution < 1.29 is 27.2 Å². The Morgan fingerprint density at radius 2 is 1.74 bits per heavy atom. The Morgan fingerprint density at radius 3 is 2.43 bits per heavy atom. The Balaban J connectivity index is 2.17. The molecule has 3 aromatic rings. The van der Waals surface area contributed by atoms with E-state index in [4.69, 9.17) is 4.52 Å². The van der Waals surface area contributed by atoms with Gasteiger partial charge in [-0.3, -0.25) is 0 Å². The van der Waals surface area contributed by atoms with Crippen molar-refractivity contribution in [3.8, 4) is 22.6 Å². The van der Waals surface area contributed by atoms with Crippen LogP contribution in [0.5, 0.6) is 0 Å². The van der Waals surface area contributed by atoms with Gasteiger partial charge in [-0.15, -0.1) is 0 Å². The van der Waals surface area contributed by atoms with Crippen molar-refractivity contribution in [1.82, 2.24) is 5.16 Å². The van der Waals surface area contributed by atoms with E-state index in [1.165, 1.54) is 18.2 Å². The Kier molecular flexibility index (Phi) is 3.87. The number of rotatable bonds is 3. The zero-order valence-electron chi connectivity index (χ0n) is 11.5. The van der Waals surface area contributed by atoms with Crippen LogP contribution in [0.15, 0.2) is 40.9 Å². The highest BCUT2D eigenvalue weighted by atomic mass is 19.2. The Morgan fingerprint density at radius 1 is 0.957 bits per heavy atom. The van der Waals surface area contributed by atoms with Crippen molar-refractivity contribution in [3.63, 3.8) is 0 Å². The standard InChI is InChI=1S/C16H9F4NO2/c17-11-5-4-8(6-13(11)19)15-10(7-22)16(23-21-15)9-2-1-3-12(18)14(9)20/h1-6,22H,7H2. The fourth-order valence-electron chi connectivity index (χ4n) is 2.22. The first-order valence-corrected chi connectivity index (χ1v) is 6.52. The summed E-state index contributed by atoms with van der Waals surface area (Å²) in [6.45, 7) is -0.608. The number of aliphatic hydroxyl groups excluding tert-OH is 1. The van der Waals surface area contributed by atoms with Gasteiger partial charge in [0, 0.05) is 5.56 Å². The third-order valence-electron chi connectivity index (χ3n) is 3.34. The molecule has 1 aromatic heterocycles. The predicted octanol–water partition coefficient (Wildman–Crippen LogP) is 4.06. The normalized spacial score (nSPS) is 11.0. The van der Waals surface area contributed by atoms with E-state index in [0.717, 1.165) is 18.2 Å². The van der Waals surface area contributed by atoms with Crippen LogP contribution in [-0.2, 0) is 6.61 Å². The fourth-order valence-corrected chi connectivity index (χ4v) is 2.22. The second kappa shape index (κ2) is 5.85. The summed E-state index contributed by atoms with van der Waals surface area (Å²) in [5.41, 5.74) is -0.0271. The lowest BCUT2D eigenvalue weighted by Gasteiger charge is -2.03. The molecular formula is C16H9F4NO2. The monoisotopic (exact) mass is 323 g/mol. The summed E-state index contributed by atoms with van der Waals surface area (Å²) in [6, 6.07) is 6.47. The lowest BCUT2D eigenvalue weighted by molar-refractivity contribution is 0.281. The SMILES string of the molecule is OCc1c(-c2ccc(F)c(F)c2)noc1-c1cccc(F)c1F. The van der Waals surface area contributed by atoms with Gasteiger partial charge in [-0.25, -0.2) is 17.6 Å². The van der Waals surface area contributed by atoms with Crippen molar-refractivity contribution in [2.45, 2.75) is 6.61 Å². The summed E-state index contributed by atoms with van der Waals surface area (Å²) in [6.07, 6.45) is 0. The second-order valence-corrected chi connectivity index (χ2v) is 4.73. The quantitative estimate of drug-likeness (QED) is 0.740. The zero-order chi connectivity index (χ0) is 16.6. The molecule has 3 nitrogen and oxygen atoms in total. The van der Waals surface area contributed by atoms with E-state index in [1.807, 2.05) is 0 Å². The molecule has 2 aromatic carbocycles. The van der Waals surface area contributed by atoms with E-state index < -0.39 is 29.9 Å². The summed E-state index contributed by atoms with van der Waals surface area (Å²) in [7, 11) is 0. The summed E-state index contributed by atoms with van der Waals surface area (Å²) in [5, 5.41) is 13.2. The first-order valence-electron chi connectivity index (χ1n) is 6.52. The molecule has 0 unspecified atom stereocenters. The first kappa shape index (κ1) is 15.2. The van der Waals surface area contributed by atoms with Crippen LogP contribution in [0.2, 0.25) is 0 Å². The molecule has 0 amide bonds. The van der Waals surface area contributed by atoms with Gasteiger partial charge in [0.2, 0.25) is 0 Å². The molecule has 118 valence electrons. The molecule has 1 N–H and O–H groups in total. The number of halogens is 4. The molecule has 0 aliphatic rings. The van der Waals surface area contributed by atoms with Crippen molar-refractivity contribution in [1.29, 1.82) is 0 Å². The average Bonchev–Trinajstić information content (AvgIpc) is 2.96. The van der Waals surface area contributed by atoms with E-state index >= 15 is 0 Å². The molecule has 0 radical (unpaired) electrons. The van der Waals surface area contributed by atoms with E-state index in [2.05, 4.69) is 5.16 Å².